The van der Waals surface area contributed by atoms with Crippen LogP contribution >= 0.6 is 11.6 Å². The van der Waals surface area contributed by atoms with Gasteiger partial charge in [0.25, 0.3) is 5.56 Å². The average Bonchev–Trinajstić information content (AvgIpc) is 3.34. The molecule has 6 rings (SSSR count). The monoisotopic (exact) mass is 550 g/mol. The van der Waals surface area contributed by atoms with Gasteiger partial charge >= 0.3 is 0 Å². The Labute approximate surface area is 231 Å². The zero-order valence-electron chi connectivity index (χ0n) is 22.6. The normalized spacial score (nSPS) is 19.9. The Balaban J connectivity index is 1.51. The molecular formula is C29H32ClFN6O2. The summed E-state index contributed by atoms with van der Waals surface area (Å²) in [5, 5.41) is 5.01. The summed E-state index contributed by atoms with van der Waals surface area (Å²) >= 11 is 6.06. The van der Waals surface area contributed by atoms with E-state index in [1.165, 1.54) is 6.07 Å². The summed E-state index contributed by atoms with van der Waals surface area (Å²) in [4.78, 5) is 26.0. The standard InChI is InChI=1S/C29H32ClFN6O2/c1-29(2,3)18-5-8-24-33-27-21(28(38)37(24)15-18)12-25(34-26(27)20-7-6-19(30)11-22(20)31)36-9-10-39-23(16-36)17-13-32-35(4)14-17/h6-7,11-14,18,23H,5,8-10,15-16H2,1-4H3/t18?,23-/m1/s1. The van der Waals surface area contributed by atoms with Crippen LogP contribution in [0.3, 0.4) is 0 Å². The summed E-state index contributed by atoms with van der Waals surface area (Å²) in [5.74, 6) is 1.17. The van der Waals surface area contributed by atoms with Crippen LogP contribution in [0.1, 0.15) is 44.7 Å². The molecule has 0 N–H and O–H groups in total. The molecule has 1 saturated heterocycles. The van der Waals surface area contributed by atoms with Crippen molar-refractivity contribution in [3.63, 3.8) is 0 Å². The third kappa shape index (κ3) is 4.82. The summed E-state index contributed by atoms with van der Waals surface area (Å²) in [6.07, 6.45) is 5.17. The van der Waals surface area contributed by atoms with Crippen LogP contribution in [0, 0.1) is 17.2 Å². The molecule has 0 spiro atoms. The molecule has 1 unspecified atom stereocenters. The quantitative estimate of drug-likeness (QED) is 0.350. The molecule has 1 aromatic carbocycles. The minimum Gasteiger partial charge on any atom is -0.370 e. The van der Waals surface area contributed by atoms with Crippen molar-refractivity contribution in [2.45, 2.75) is 46.3 Å². The van der Waals surface area contributed by atoms with Gasteiger partial charge in [-0.05, 0) is 42.0 Å². The van der Waals surface area contributed by atoms with E-state index in [1.807, 2.05) is 23.9 Å². The van der Waals surface area contributed by atoms with Crippen molar-refractivity contribution in [3.8, 4) is 11.3 Å². The van der Waals surface area contributed by atoms with Crippen LogP contribution in [-0.2, 0) is 24.8 Å². The number of aromatic nitrogens is 5. The zero-order chi connectivity index (χ0) is 27.5. The first-order valence-electron chi connectivity index (χ1n) is 13.3. The fourth-order valence-corrected chi connectivity index (χ4v) is 5.81. The number of morpholine rings is 1. The molecule has 0 bridgehead atoms. The fraction of sp³-hybridized carbons (Fsp3) is 0.448. The highest BCUT2D eigenvalue weighted by Gasteiger charge is 2.32. The molecule has 2 aliphatic heterocycles. The topological polar surface area (TPSA) is 78.1 Å². The van der Waals surface area contributed by atoms with Gasteiger partial charge in [0.2, 0.25) is 0 Å². The van der Waals surface area contributed by atoms with Gasteiger partial charge in [0, 0.05) is 55.4 Å². The van der Waals surface area contributed by atoms with E-state index in [1.54, 1.807) is 23.0 Å². The number of ether oxygens (including phenoxy) is 1. The van der Waals surface area contributed by atoms with Crippen LogP contribution in [0.15, 0.2) is 41.5 Å². The lowest BCUT2D eigenvalue weighted by Crippen LogP contribution is -2.39. The molecule has 39 heavy (non-hydrogen) atoms. The van der Waals surface area contributed by atoms with Gasteiger partial charge < -0.3 is 9.64 Å². The number of pyridine rings is 1. The maximum absolute atomic E-state index is 15.3. The lowest BCUT2D eigenvalue weighted by Gasteiger charge is -2.35. The van der Waals surface area contributed by atoms with E-state index in [2.05, 4.69) is 30.8 Å². The van der Waals surface area contributed by atoms with Crippen molar-refractivity contribution in [1.29, 1.82) is 0 Å². The Hall–Kier alpha value is -3.30. The van der Waals surface area contributed by atoms with Crippen molar-refractivity contribution in [1.82, 2.24) is 24.3 Å². The van der Waals surface area contributed by atoms with Gasteiger partial charge in [-0.1, -0.05) is 32.4 Å². The highest BCUT2D eigenvalue weighted by Crippen LogP contribution is 2.36. The summed E-state index contributed by atoms with van der Waals surface area (Å²) in [7, 11) is 1.87. The van der Waals surface area contributed by atoms with Crippen LogP contribution in [-0.4, -0.2) is 44.0 Å². The van der Waals surface area contributed by atoms with Gasteiger partial charge in [0.1, 0.15) is 34.8 Å². The molecular weight excluding hydrogens is 519 g/mol. The van der Waals surface area contributed by atoms with E-state index in [4.69, 9.17) is 26.3 Å². The first-order valence-corrected chi connectivity index (χ1v) is 13.7. The molecule has 0 aliphatic carbocycles. The average molecular weight is 551 g/mol. The lowest BCUT2D eigenvalue weighted by atomic mass is 9.76. The van der Waals surface area contributed by atoms with Gasteiger partial charge in [-0.3, -0.25) is 14.0 Å². The summed E-state index contributed by atoms with van der Waals surface area (Å²) < 4.78 is 24.9. The zero-order valence-corrected chi connectivity index (χ0v) is 23.4. The Bertz CT molecular complexity index is 1620. The lowest BCUT2D eigenvalue weighted by molar-refractivity contribution is 0.0395. The molecule has 0 radical (unpaired) electrons. The number of hydrogen-bond acceptors (Lipinski definition) is 6. The summed E-state index contributed by atoms with van der Waals surface area (Å²) in [6, 6.07) is 6.31. The Morgan fingerprint density at radius 3 is 2.69 bits per heavy atom. The second-order valence-corrected chi connectivity index (χ2v) is 12.1. The minimum absolute atomic E-state index is 0.0716. The SMILES string of the molecule is Cn1cc([C@H]2CN(c3cc4c(=O)n5c(nc4c(-c4ccc(Cl)cc4F)n3)CCC(C(C)(C)C)C5)CCO2)cn1. The number of benzene rings is 1. The largest absolute Gasteiger partial charge is 0.370 e. The first-order chi connectivity index (χ1) is 18.6. The summed E-state index contributed by atoms with van der Waals surface area (Å²) in [6.45, 7) is 8.85. The van der Waals surface area contributed by atoms with Gasteiger partial charge in [0.05, 0.1) is 18.2 Å². The second-order valence-electron chi connectivity index (χ2n) is 11.6. The molecule has 1 fully saturated rings. The minimum atomic E-state index is -0.504. The van der Waals surface area contributed by atoms with E-state index in [0.29, 0.717) is 66.0 Å². The molecule has 2 atom stereocenters. The Morgan fingerprint density at radius 2 is 1.97 bits per heavy atom. The van der Waals surface area contributed by atoms with Crippen LogP contribution in [0.5, 0.6) is 0 Å². The van der Waals surface area contributed by atoms with Crippen molar-refractivity contribution >= 4 is 28.3 Å². The molecule has 5 heterocycles. The van der Waals surface area contributed by atoms with E-state index in [0.717, 1.165) is 17.8 Å². The van der Waals surface area contributed by atoms with E-state index < -0.39 is 5.82 Å². The number of rotatable bonds is 3. The number of aryl methyl sites for hydroxylation is 2. The Morgan fingerprint density at radius 1 is 1.15 bits per heavy atom. The van der Waals surface area contributed by atoms with Crippen LogP contribution < -0.4 is 10.5 Å². The molecule has 0 saturated carbocycles. The van der Waals surface area contributed by atoms with Gasteiger partial charge in [-0.2, -0.15) is 5.10 Å². The van der Waals surface area contributed by atoms with Crippen molar-refractivity contribution < 1.29 is 9.13 Å². The number of hydrogen-bond donors (Lipinski definition) is 0. The van der Waals surface area contributed by atoms with E-state index in [-0.39, 0.29) is 22.6 Å². The highest BCUT2D eigenvalue weighted by molar-refractivity contribution is 6.30. The molecule has 2 aliphatic rings. The second kappa shape index (κ2) is 9.71. The molecule has 10 heteroatoms. The van der Waals surface area contributed by atoms with Gasteiger partial charge in [0.15, 0.2) is 0 Å². The molecule has 4 aromatic rings. The van der Waals surface area contributed by atoms with E-state index >= 15 is 4.39 Å². The fourth-order valence-electron chi connectivity index (χ4n) is 5.65. The molecule has 204 valence electrons. The maximum atomic E-state index is 15.3. The number of nitrogens with zero attached hydrogens (tertiary/aromatic N) is 6. The van der Waals surface area contributed by atoms with E-state index in [9.17, 15) is 4.79 Å². The van der Waals surface area contributed by atoms with Gasteiger partial charge in [-0.15, -0.1) is 0 Å². The highest BCUT2D eigenvalue weighted by atomic mass is 35.5. The third-order valence-electron chi connectivity index (χ3n) is 8.02. The molecule has 0 amide bonds. The number of fused-ring (bicyclic) bond motifs is 2. The number of halogens is 2. The van der Waals surface area contributed by atoms with Crippen molar-refractivity contribution in [2.24, 2.45) is 18.4 Å². The van der Waals surface area contributed by atoms with Crippen LogP contribution in [0.2, 0.25) is 5.02 Å². The van der Waals surface area contributed by atoms with Crippen molar-refractivity contribution in [2.75, 3.05) is 24.6 Å². The molecule has 8 nitrogen and oxygen atoms in total. The predicted molar refractivity (Wildman–Crippen MR) is 150 cm³/mol. The Kier molecular flexibility index (Phi) is 6.46. The first kappa shape index (κ1) is 26.0. The van der Waals surface area contributed by atoms with Crippen LogP contribution in [0.25, 0.3) is 22.2 Å². The van der Waals surface area contributed by atoms with Gasteiger partial charge in [-0.25, -0.2) is 14.4 Å². The smallest absolute Gasteiger partial charge is 0.261 e. The number of anilines is 1. The maximum Gasteiger partial charge on any atom is 0.261 e. The molecule has 3 aromatic heterocycles. The predicted octanol–water partition coefficient (Wildman–Crippen LogP) is 5.17. The van der Waals surface area contributed by atoms with Crippen molar-refractivity contribution in [3.05, 3.63) is 69.2 Å². The summed E-state index contributed by atoms with van der Waals surface area (Å²) in [5.41, 5.74) is 1.96. The van der Waals surface area contributed by atoms with Crippen LogP contribution in [0.4, 0.5) is 10.2 Å². The third-order valence-corrected chi connectivity index (χ3v) is 8.26.